The van der Waals surface area contributed by atoms with Crippen LogP contribution in [-0.4, -0.2) is 27.6 Å². The molecule has 3 rings (SSSR count). The average molecular weight is 458 g/mol. The van der Waals surface area contributed by atoms with Crippen molar-refractivity contribution in [2.75, 3.05) is 7.11 Å². The number of halogens is 1. The van der Waals surface area contributed by atoms with Gasteiger partial charge in [-0.25, -0.2) is 4.79 Å². The Hall–Kier alpha value is -3.00. The Balaban J connectivity index is 2.00. The Morgan fingerprint density at radius 1 is 1.14 bits per heavy atom. The molecule has 29 heavy (non-hydrogen) atoms. The molecule has 0 aliphatic carbocycles. The highest BCUT2D eigenvalue weighted by Crippen LogP contribution is 2.23. The minimum absolute atomic E-state index is 0.188. The third kappa shape index (κ3) is 4.37. The molecule has 0 saturated carbocycles. The van der Waals surface area contributed by atoms with E-state index in [2.05, 4.69) is 25.9 Å². The molecule has 0 aliphatic heterocycles. The van der Waals surface area contributed by atoms with Crippen LogP contribution in [0.2, 0.25) is 0 Å². The third-order valence-corrected chi connectivity index (χ3v) is 5.02. The first-order chi connectivity index (χ1) is 13.8. The summed E-state index contributed by atoms with van der Waals surface area (Å²) in [7, 11) is 1.31. The summed E-state index contributed by atoms with van der Waals surface area (Å²) >= 11 is 3.30. The van der Waals surface area contributed by atoms with Crippen LogP contribution in [0.15, 0.2) is 45.7 Å². The zero-order valence-corrected chi connectivity index (χ0v) is 18.1. The van der Waals surface area contributed by atoms with Crippen molar-refractivity contribution in [1.82, 2.24) is 14.5 Å². The van der Waals surface area contributed by atoms with Gasteiger partial charge in [-0.2, -0.15) is 4.98 Å². The topological polar surface area (TPSA) is 83.3 Å². The number of benzene rings is 1. The van der Waals surface area contributed by atoms with Gasteiger partial charge in [-0.1, -0.05) is 12.1 Å². The number of hydrogen-bond donors (Lipinski definition) is 0. The minimum atomic E-state index is -0.477. The van der Waals surface area contributed by atoms with Crippen LogP contribution in [0.5, 0.6) is 5.88 Å². The predicted octanol–water partition coefficient (Wildman–Crippen LogP) is 3.68. The maximum Gasteiger partial charge on any atom is 0.337 e. The van der Waals surface area contributed by atoms with E-state index in [1.807, 2.05) is 32.0 Å². The number of nitrogens with zero attached hydrogens (tertiary/aromatic N) is 3. The van der Waals surface area contributed by atoms with Crippen LogP contribution in [-0.2, 0) is 11.3 Å². The van der Waals surface area contributed by atoms with Crippen molar-refractivity contribution >= 4 is 21.9 Å². The highest BCUT2D eigenvalue weighted by molar-refractivity contribution is 9.10. The molecule has 0 amide bonds. The van der Waals surface area contributed by atoms with Crippen LogP contribution >= 0.6 is 15.9 Å². The molecule has 3 aromatic rings. The molecule has 0 unspecified atom stereocenters. The number of ether oxygens (including phenoxy) is 2. The molecule has 150 valence electrons. The summed E-state index contributed by atoms with van der Waals surface area (Å²) in [6, 6.07) is 10.7. The smallest absolute Gasteiger partial charge is 0.337 e. The van der Waals surface area contributed by atoms with Gasteiger partial charge in [-0.3, -0.25) is 14.3 Å². The number of carbonyl (C=O) groups excluding carboxylic acids is 1. The summed E-state index contributed by atoms with van der Waals surface area (Å²) in [4.78, 5) is 33.7. The summed E-state index contributed by atoms with van der Waals surface area (Å²) in [6.07, 6.45) is 0. The molecule has 2 heterocycles. The SMILES string of the molecule is COC(=O)c1ccc(C)c(-n2c(C)nc(OCc3cccc(C)n3)c(Br)c2=O)c1. The lowest BCUT2D eigenvalue weighted by molar-refractivity contribution is 0.0600. The van der Waals surface area contributed by atoms with E-state index in [1.54, 1.807) is 25.1 Å². The number of pyridine rings is 1. The van der Waals surface area contributed by atoms with Crippen LogP contribution in [0.25, 0.3) is 5.69 Å². The van der Waals surface area contributed by atoms with Crippen molar-refractivity contribution in [3.8, 4) is 11.6 Å². The average Bonchev–Trinajstić information content (AvgIpc) is 2.70. The molecule has 0 bridgehead atoms. The molecule has 0 saturated heterocycles. The Bertz CT molecular complexity index is 1140. The molecule has 8 heteroatoms. The lowest BCUT2D eigenvalue weighted by atomic mass is 10.1. The summed E-state index contributed by atoms with van der Waals surface area (Å²) in [6.45, 7) is 5.64. The molecule has 2 aromatic heterocycles. The molecule has 0 radical (unpaired) electrons. The Morgan fingerprint density at radius 2 is 1.90 bits per heavy atom. The maximum absolute atomic E-state index is 13.0. The quantitative estimate of drug-likeness (QED) is 0.543. The summed E-state index contributed by atoms with van der Waals surface area (Å²) in [5.74, 6) is 0.138. The van der Waals surface area contributed by atoms with Gasteiger partial charge in [0.2, 0.25) is 5.88 Å². The van der Waals surface area contributed by atoms with Gasteiger partial charge in [0.05, 0.1) is 24.1 Å². The highest BCUT2D eigenvalue weighted by Gasteiger charge is 2.18. The molecular formula is C21H20BrN3O4. The zero-order valence-electron chi connectivity index (χ0n) is 16.5. The largest absolute Gasteiger partial charge is 0.470 e. The fourth-order valence-corrected chi connectivity index (χ4v) is 3.26. The molecule has 0 fully saturated rings. The lowest BCUT2D eigenvalue weighted by Gasteiger charge is -2.16. The van der Waals surface area contributed by atoms with E-state index < -0.39 is 5.97 Å². The highest BCUT2D eigenvalue weighted by atomic mass is 79.9. The van der Waals surface area contributed by atoms with E-state index in [1.165, 1.54) is 11.7 Å². The number of rotatable bonds is 5. The molecular weight excluding hydrogens is 438 g/mol. The molecule has 0 atom stereocenters. The van der Waals surface area contributed by atoms with E-state index in [0.29, 0.717) is 17.1 Å². The van der Waals surface area contributed by atoms with Gasteiger partial charge < -0.3 is 9.47 Å². The first kappa shape index (κ1) is 20.7. The van der Waals surface area contributed by atoms with Crippen LogP contribution in [0, 0.1) is 20.8 Å². The number of esters is 1. The maximum atomic E-state index is 13.0. The van der Waals surface area contributed by atoms with Crippen LogP contribution in [0.4, 0.5) is 0 Å². The fourth-order valence-electron chi connectivity index (χ4n) is 2.88. The second-order valence-corrected chi connectivity index (χ2v) is 7.26. The Labute approximate surface area is 176 Å². The molecule has 1 aromatic carbocycles. The predicted molar refractivity (Wildman–Crippen MR) is 112 cm³/mol. The number of hydrogen-bond acceptors (Lipinski definition) is 6. The summed E-state index contributed by atoms with van der Waals surface area (Å²) in [5.41, 5.74) is 2.99. The third-order valence-electron chi connectivity index (χ3n) is 4.34. The summed E-state index contributed by atoms with van der Waals surface area (Å²) < 4.78 is 12.1. The monoisotopic (exact) mass is 457 g/mol. The molecule has 7 nitrogen and oxygen atoms in total. The van der Waals surface area contributed by atoms with Gasteiger partial charge in [0.25, 0.3) is 5.56 Å². The number of methoxy groups -OCH3 is 1. The van der Waals surface area contributed by atoms with Crippen LogP contribution < -0.4 is 10.3 Å². The van der Waals surface area contributed by atoms with Crippen molar-refractivity contribution < 1.29 is 14.3 Å². The lowest BCUT2D eigenvalue weighted by Crippen LogP contribution is -2.25. The van der Waals surface area contributed by atoms with Gasteiger partial charge >= 0.3 is 5.97 Å². The van der Waals surface area contributed by atoms with Crippen LogP contribution in [0.3, 0.4) is 0 Å². The van der Waals surface area contributed by atoms with Crippen molar-refractivity contribution in [3.05, 3.63) is 79.6 Å². The van der Waals surface area contributed by atoms with Gasteiger partial charge in [0.1, 0.15) is 16.9 Å². The van der Waals surface area contributed by atoms with Crippen molar-refractivity contribution in [2.24, 2.45) is 0 Å². The normalized spacial score (nSPS) is 10.7. The Morgan fingerprint density at radius 3 is 2.59 bits per heavy atom. The van der Waals surface area contributed by atoms with E-state index in [4.69, 9.17) is 9.47 Å². The number of aryl methyl sites for hydroxylation is 3. The van der Waals surface area contributed by atoms with E-state index in [0.717, 1.165) is 17.0 Å². The van der Waals surface area contributed by atoms with E-state index >= 15 is 0 Å². The fraction of sp³-hybridized carbons (Fsp3) is 0.238. The van der Waals surface area contributed by atoms with Gasteiger partial charge in [0.15, 0.2) is 0 Å². The number of aromatic nitrogens is 3. The van der Waals surface area contributed by atoms with Crippen molar-refractivity contribution in [3.63, 3.8) is 0 Å². The second kappa shape index (κ2) is 8.57. The molecule has 0 N–H and O–H groups in total. The molecule has 0 spiro atoms. The van der Waals surface area contributed by atoms with Crippen molar-refractivity contribution in [2.45, 2.75) is 27.4 Å². The standard InChI is InChI=1S/C21H20BrN3O4/c1-12-8-9-15(21(27)28-4)10-17(12)25-14(3)24-19(18(22)20(25)26)29-11-16-7-5-6-13(2)23-16/h5-10H,11H2,1-4H3. The second-order valence-electron chi connectivity index (χ2n) is 6.47. The number of carbonyl (C=O) groups is 1. The first-order valence-electron chi connectivity index (χ1n) is 8.85. The van der Waals surface area contributed by atoms with Crippen LogP contribution in [0.1, 0.15) is 33.1 Å². The zero-order chi connectivity index (χ0) is 21.1. The van der Waals surface area contributed by atoms with Crippen molar-refractivity contribution in [1.29, 1.82) is 0 Å². The molecule has 0 aliphatic rings. The van der Waals surface area contributed by atoms with E-state index in [-0.39, 0.29) is 22.5 Å². The van der Waals surface area contributed by atoms with E-state index in [9.17, 15) is 9.59 Å². The van der Waals surface area contributed by atoms with Gasteiger partial charge in [-0.15, -0.1) is 0 Å². The van der Waals surface area contributed by atoms with Gasteiger partial charge in [-0.05, 0) is 66.5 Å². The summed E-state index contributed by atoms with van der Waals surface area (Å²) in [5, 5.41) is 0. The minimum Gasteiger partial charge on any atom is -0.470 e. The Kier molecular flexibility index (Phi) is 6.12. The first-order valence-corrected chi connectivity index (χ1v) is 9.65. The van der Waals surface area contributed by atoms with Gasteiger partial charge in [0, 0.05) is 5.69 Å².